The van der Waals surface area contributed by atoms with Crippen molar-refractivity contribution in [3.05, 3.63) is 59.2 Å². The molecule has 0 aromatic heterocycles. The van der Waals surface area contributed by atoms with E-state index in [2.05, 4.69) is 29.6 Å². The summed E-state index contributed by atoms with van der Waals surface area (Å²) >= 11 is 0. The normalized spacial score (nSPS) is 13.3. The molecule has 2 aromatic rings. The fourth-order valence-electron chi connectivity index (χ4n) is 2.57. The predicted molar refractivity (Wildman–Crippen MR) is 76.6 cm³/mol. The molecule has 0 unspecified atom stereocenters. The summed E-state index contributed by atoms with van der Waals surface area (Å²) in [5.41, 5.74) is 12.1. The van der Waals surface area contributed by atoms with Crippen molar-refractivity contribution in [2.24, 2.45) is 0 Å². The topological polar surface area (TPSA) is 38.0 Å². The Morgan fingerprint density at radius 1 is 1.00 bits per heavy atom. The van der Waals surface area contributed by atoms with Gasteiger partial charge < -0.3 is 11.1 Å². The lowest BCUT2D eigenvalue weighted by atomic mass is 10.1. The van der Waals surface area contributed by atoms with Crippen molar-refractivity contribution in [3.8, 4) is 0 Å². The number of para-hydroxylation sites is 1. The third-order valence-corrected chi connectivity index (χ3v) is 3.64. The highest BCUT2D eigenvalue weighted by Gasteiger charge is 2.10. The van der Waals surface area contributed by atoms with Crippen LogP contribution in [0.3, 0.4) is 0 Å². The summed E-state index contributed by atoms with van der Waals surface area (Å²) in [5.74, 6) is 0. The SMILES string of the molecule is Nc1ccccc1CNc1ccc2c(c1)CCC2. The Labute approximate surface area is 108 Å². The van der Waals surface area contributed by atoms with Crippen molar-refractivity contribution in [3.63, 3.8) is 0 Å². The second-order valence-electron chi connectivity index (χ2n) is 4.89. The maximum atomic E-state index is 5.93. The smallest absolute Gasteiger partial charge is 0.0421 e. The molecule has 1 aliphatic rings. The molecule has 3 rings (SSSR count). The van der Waals surface area contributed by atoms with E-state index in [1.54, 1.807) is 0 Å². The lowest BCUT2D eigenvalue weighted by Gasteiger charge is -2.10. The molecule has 0 spiro atoms. The molecule has 2 aromatic carbocycles. The molecule has 0 fully saturated rings. The Kier molecular flexibility index (Phi) is 2.93. The first kappa shape index (κ1) is 11.1. The van der Waals surface area contributed by atoms with Crippen LogP contribution in [-0.2, 0) is 19.4 Å². The van der Waals surface area contributed by atoms with Crippen molar-refractivity contribution in [2.75, 3.05) is 11.1 Å². The number of benzene rings is 2. The minimum absolute atomic E-state index is 0.783. The molecule has 0 saturated carbocycles. The van der Waals surface area contributed by atoms with Crippen molar-refractivity contribution in [1.82, 2.24) is 0 Å². The Bertz CT molecular complexity index is 561. The first-order valence-corrected chi connectivity index (χ1v) is 6.52. The number of anilines is 2. The van der Waals surface area contributed by atoms with Crippen LogP contribution in [0.2, 0.25) is 0 Å². The first-order chi connectivity index (χ1) is 8.83. The van der Waals surface area contributed by atoms with Crippen molar-refractivity contribution in [1.29, 1.82) is 0 Å². The van der Waals surface area contributed by atoms with Gasteiger partial charge in [0.25, 0.3) is 0 Å². The van der Waals surface area contributed by atoms with E-state index in [-0.39, 0.29) is 0 Å². The molecule has 3 N–H and O–H groups in total. The highest BCUT2D eigenvalue weighted by atomic mass is 14.9. The van der Waals surface area contributed by atoms with E-state index in [1.807, 2.05) is 18.2 Å². The van der Waals surface area contributed by atoms with Gasteiger partial charge >= 0.3 is 0 Å². The standard InChI is InChI=1S/C16H18N2/c17-16-7-2-1-4-14(16)11-18-15-9-8-12-5-3-6-13(12)10-15/h1-2,4,7-10,18H,3,5-6,11,17H2. The zero-order valence-electron chi connectivity index (χ0n) is 10.4. The lowest BCUT2D eigenvalue weighted by molar-refractivity contribution is 0.912. The molecule has 1 aliphatic carbocycles. The van der Waals surface area contributed by atoms with Crippen LogP contribution in [0, 0.1) is 0 Å². The molecule has 0 radical (unpaired) electrons. The largest absolute Gasteiger partial charge is 0.398 e. The molecule has 2 nitrogen and oxygen atoms in total. The molecular weight excluding hydrogens is 220 g/mol. The predicted octanol–water partition coefficient (Wildman–Crippen LogP) is 3.37. The fraction of sp³-hybridized carbons (Fsp3) is 0.250. The maximum Gasteiger partial charge on any atom is 0.0421 e. The summed E-state index contributed by atoms with van der Waals surface area (Å²) in [5, 5.41) is 3.45. The zero-order chi connectivity index (χ0) is 12.4. The van der Waals surface area contributed by atoms with Crippen molar-refractivity contribution in [2.45, 2.75) is 25.8 Å². The molecule has 0 bridgehead atoms. The van der Waals surface area contributed by atoms with Gasteiger partial charge in [-0.05, 0) is 54.2 Å². The van der Waals surface area contributed by atoms with Gasteiger partial charge in [0.2, 0.25) is 0 Å². The van der Waals surface area contributed by atoms with Crippen LogP contribution in [0.4, 0.5) is 11.4 Å². The Morgan fingerprint density at radius 3 is 2.72 bits per heavy atom. The third kappa shape index (κ3) is 2.19. The molecule has 0 aliphatic heterocycles. The van der Waals surface area contributed by atoms with Gasteiger partial charge in [-0.25, -0.2) is 0 Å². The highest BCUT2D eigenvalue weighted by molar-refractivity contribution is 5.53. The minimum atomic E-state index is 0.783. The Balaban J connectivity index is 1.72. The molecule has 0 amide bonds. The third-order valence-electron chi connectivity index (χ3n) is 3.64. The average molecular weight is 238 g/mol. The van der Waals surface area contributed by atoms with Crippen LogP contribution in [0.15, 0.2) is 42.5 Å². The van der Waals surface area contributed by atoms with Gasteiger partial charge in [-0.2, -0.15) is 0 Å². The molecule has 2 heteroatoms. The number of hydrogen-bond donors (Lipinski definition) is 2. The van der Waals surface area contributed by atoms with Gasteiger partial charge in [0.05, 0.1) is 0 Å². The number of aryl methyl sites for hydroxylation is 2. The van der Waals surface area contributed by atoms with Crippen molar-refractivity contribution >= 4 is 11.4 Å². The van der Waals surface area contributed by atoms with E-state index < -0.39 is 0 Å². The number of fused-ring (bicyclic) bond motifs is 1. The van der Waals surface area contributed by atoms with Crippen LogP contribution < -0.4 is 11.1 Å². The molecular formula is C16H18N2. The van der Waals surface area contributed by atoms with E-state index in [4.69, 9.17) is 5.73 Å². The quantitative estimate of drug-likeness (QED) is 0.805. The summed E-state index contributed by atoms with van der Waals surface area (Å²) in [6.07, 6.45) is 3.75. The maximum absolute atomic E-state index is 5.93. The van der Waals surface area contributed by atoms with Crippen LogP contribution >= 0.6 is 0 Å². The Morgan fingerprint density at radius 2 is 1.83 bits per heavy atom. The van der Waals surface area contributed by atoms with E-state index in [0.717, 1.165) is 17.8 Å². The molecule has 0 atom stereocenters. The summed E-state index contributed by atoms with van der Waals surface area (Å²) in [6, 6.07) is 14.7. The number of nitrogens with one attached hydrogen (secondary N) is 1. The van der Waals surface area contributed by atoms with Gasteiger partial charge in [-0.1, -0.05) is 24.3 Å². The fourth-order valence-corrected chi connectivity index (χ4v) is 2.57. The van der Waals surface area contributed by atoms with Gasteiger partial charge in [-0.15, -0.1) is 0 Å². The molecule has 0 heterocycles. The zero-order valence-corrected chi connectivity index (χ0v) is 10.4. The second-order valence-corrected chi connectivity index (χ2v) is 4.89. The monoisotopic (exact) mass is 238 g/mol. The summed E-state index contributed by atoms with van der Waals surface area (Å²) in [6.45, 7) is 0.783. The van der Waals surface area contributed by atoms with Gasteiger partial charge in [0.15, 0.2) is 0 Å². The van der Waals surface area contributed by atoms with E-state index in [1.165, 1.54) is 36.1 Å². The van der Waals surface area contributed by atoms with Crippen LogP contribution in [0.1, 0.15) is 23.1 Å². The molecule has 18 heavy (non-hydrogen) atoms. The van der Waals surface area contributed by atoms with Gasteiger partial charge in [0.1, 0.15) is 0 Å². The van der Waals surface area contributed by atoms with Gasteiger partial charge in [0, 0.05) is 17.9 Å². The summed E-state index contributed by atoms with van der Waals surface area (Å²) in [7, 11) is 0. The van der Waals surface area contributed by atoms with Crippen LogP contribution in [-0.4, -0.2) is 0 Å². The van der Waals surface area contributed by atoms with E-state index in [9.17, 15) is 0 Å². The number of hydrogen-bond acceptors (Lipinski definition) is 2. The summed E-state index contributed by atoms with van der Waals surface area (Å²) in [4.78, 5) is 0. The first-order valence-electron chi connectivity index (χ1n) is 6.52. The van der Waals surface area contributed by atoms with E-state index in [0.29, 0.717) is 0 Å². The lowest BCUT2D eigenvalue weighted by Crippen LogP contribution is -2.03. The molecule has 0 saturated heterocycles. The summed E-state index contributed by atoms with van der Waals surface area (Å²) < 4.78 is 0. The van der Waals surface area contributed by atoms with Crippen molar-refractivity contribution < 1.29 is 0 Å². The molecule has 92 valence electrons. The Hall–Kier alpha value is -1.96. The van der Waals surface area contributed by atoms with Crippen LogP contribution in [0.25, 0.3) is 0 Å². The van der Waals surface area contributed by atoms with Crippen LogP contribution in [0.5, 0.6) is 0 Å². The second kappa shape index (κ2) is 4.73. The minimum Gasteiger partial charge on any atom is -0.398 e. The van der Waals surface area contributed by atoms with E-state index >= 15 is 0 Å². The number of nitrogens with two attached hydrogens (primary N) is 1. The van der Waals surface area contributed by atoms with Gasteiger partial charge in [-0.3, -0.25) is 0 Å². The number of rotatable bonds is 3. The highest BCUT2D eigenvalue weighted by Crippen LogP contribution is 2.25. The number of nitrogen functional groups attached to an aromatic ring is 1. The average Bonchev–Trinajstić information content (AvgIpc) is 2.85.